The van der Waals surface area contributed by atoms with Gasteiger partial charge in [0.05, 0.1) is 12.7 Å². The molecule has 3 nitrogen and oxygen atoms in total. The van der Waals surface area contributed by atoms with E-state index in [1.165, 1.54) is 0 Å². The second-order valence-corrected chi connectivity index (χ2v) is 3.49. The molecule has 0 aromatic rings. The van der Waals surface area contributed by atoms with Gasteiger partial charge in [0.25, 0.3) is 0 Å². The van der Waals surface area contributed by atoms with Crippen LogP contribution in [0.5, 0.6) is 0 Å². The second-order valence-electron chi connectivity index (χ2n) is 3.49. The zero-order valence-electron chi connectivity index (χ0n) is 8.12. The van der Waals surface area contributed by atoms with E-state index in [0.717, 1.165) is 32.7 Å². The molecule has 0 spiro atoms. The molecule has 0 aliphatic carbocycles. The first kappa shape index (κ1) is 9.96. The Kier molecular flexibility index (Phi) is 3.98. The Morgan fingerprint density at radius 2 is 2.33 bits per heavy atom. The molecule has 3 heteroatoms. The molecule has 72 valence electrons. The fourth-order valence-electron chi connectivity index (χ4n) is 1.73. The maximum atomic E-state index is 5.58. The normalized spacial score (nSPS) is 32.2. The molecule has 0 radical (unpaired) electrons. The van der Waals surface area contributed by atoms with Crippen molar-refractivity contribution in [2.45, 2.75) is 32.4 Å². The van der Waals surface area contributed by atoms with Crippen molar-refractivity contribution in [1.82, 2.24) is 4.90 Å². The fourth-order valence-corrected chi connectivity index (χ4v) is 1.73. The highest BCUT2D eigenvalue weighted by molar-refractivity contribution is 4.77. The summed E-state index contributed by atoms with van der Waals surface area (Å²) in [7, 11) is 0. The van der Waals surface area contributed by atoms with Crippen molar-refractivity contribution in [3.63, 3.8) is 0 Å². The first-order valence-corrected chi connectivity index (χ1v) is 4.83. The molecule has 0 amide bonds. The molecule has 2 N–H and O–H groups in total. The Bertz CT molecular complexity index is 130. The van der Waals surface area contributed by atoms with Crippen molar-refractivity contribution in [3.05, 3.63) is 0 Å². The van der Waals surface area contributed by atoms with Crippen molar-refractivity contribution in [1.29, 1.82) is 0 Å². The summed E-state index contributed by atoms with van der Waals surface area (Å²) in [5.74, 6) is 0. The molecule has 1 saturated heterocycles. The quantitative estimate of drug-likeness (QED) is 0.671. The van der Waals surface area contributed by atoms with Gasteiger partial charge in [0.1, 0.15) is 0 Å². The van der Waals surface area contributed by atoms with Crippen LogP contribution >= 0.6 is 0 Å². The molecule has 2 atom stereocenters. The predicted molar refractivity (Wildman–Crippen MR) is 50.1 cm³/mol. The SMILES string of the molecule is CC[C@H]1CO[C@@H](C)CN1CCN. The van der Waals surface area contributed by atoms with Gasteiger partial charge in [-0.3, -0.25) is 4.90 Å². The molecular formula is C9H20N2O. The van der Waals surface area contributed by atoms with E-state index in [4.69, 9.17) is 10.5 Å². The van der Waals surface area contributed by atoms with Gasteiger partial charge in [-0.05, 0) is 13.3 Å². The van der Waals surface area contributed by atoms with Gasteiger partial charge in [-0.15, -0.1) is 0 Å². The summed E-state index contributed by atoms with van der Waals surface area (Å²) in [6.07, 6.45) is 1.53. The van der Waals surface area contributed by atoms with Crippen LogP contribution < -0.4 is 5.73 Å². The molecule has 1 aliphatic heterocycles. The van der Waals surface area contributed by atoms with Crippen LogP contribution in [0.1, 0.15) is 20.3 Å². The lowest BCUT2D eigenvalue weighted by Crippen LogP contribution is -2.50. The molecule has 0 bridgehead atoms. The Morgan fingerprint density at radius 1 is 1.58 bits per heavy atom. The molecule has 0 unspecified atom stereocenters. The molecular weight excluding hydrogens is 152 g/mol. The second kappa shape index (κ2) is 4.80. The minimum Gasteiger partial charge on any atom is -0.376 e. The van der Waals surface area contributed by atoms with E-state index in [0.29, 0.717) is 12.1 Å². The van der Waals surface area contributed by atoms with E-state index in [1.807, 2.05) is 0 Å². The molecule has 1 aliphatic rings. The molecule has 12 heavy (non-hydrogen) atoms. The van der Waals surface area contributed by atoms with Gasteiger partial charge >= 0.3 is 0 Å². The first-order chi connectivity index (χ1) is 5.77. The minimum atomic E-state index is 0.374. The summed E-state index contributed by atoms with van der Waals surface area (Å²) >= 11 is 0. The molecule has 1 rings (SSSR count). The van der Waals surface area contributed by atoms with Crippen molar-refractivity contribution in [3.8, 4) is 0 Å². The third-order valence-electron chi connectivity index (χ3n) is 2.47. The van der Waals surface area contributed by atoms with E-state index >= 15 is 0 Å². The van der Waals surface area contributed by atoms with E-state index in [2.05, 4.69) is 18.7 Å². The van der Waals surface area contributed by atoms with Crippen LogP contribution in [-0.4, -0.2) is 43.3 Å². The van der Waals surface area contributed by atoms with Gasteiger partial charge in [-0.1, -0.05) is 6.92 Å². The van der Waals surface area contributed by atoms with Crippen LogP contribution in [0.2, 0.25) is 0 Å². The van der Waals surface area contributed by atoms with Crippen LogP contribution in [-0.2, 0) is 4.74 Å². The lowest BCUT2D eigenvalue weighted by molar-refractivity contribution is -0.0544. The molecule has 0 aromatic heterocycles. The molecule has 0 saturated carbocycles. The Morgan fingerprint density at radius 3 is 2.92 bits per heavy atom. The third-order valence-corrected chi connectivity index (χ3v) is 2.47. The first-order valence-electron chi connectivity index (χ1n) is 4.83. The van der Waals surface area contributed by atoms with Gasteiger partial charge in [0.15, 0.2) is 0 Å². The summed E-state index contributed by atoms with van der Waals surface area (Å²) in [6, 6.07) is 0.588. The minimum absolute atomic E-state index is 0.374. The molecule has 1 heterocycles. The summed E-state index contributed by atoms with van der Waals surface area (Å²) in [5, 5.41) is 0. The van der Waals surface area contributed by atoms with Gasteiger partial charge in [-0.25, -0.2) is 0 Å². The van der Waals surface area contributed by atoms with Crippen molar-refractivity contribution in [2.75, 3.05) is 26.2 Å². The lowest BCUT2D eigenvalue weighted by Gasteiger charge is -2.37. The number of morpholine rings is 1. The summed E-state index contributed by atoms with van der Waals surface area (Å²) < 4.78 is 5.58. The maximum absolute atomic E-state index is 5.58. The van der Waals surface area contributed by atoms with Gasteiger partial charge < -0.3 is 10.5 Å². The van der Waals surface area contributed by atoms with E-state index in [9.17, 15) is 0 Å². The van der Waals surface area contributed by atoms with Gasteiger partial charge in [0.2, 0.25) is 0 Å². The zero-order chi connectivity index (χ0) is 8.97. The predicted octanol–water partition coefficient (Wildman–Crippen LogP) is 0.444. The van der Waals surface area contributed by atoms with Crippen LogP contribution in [0.15, 0.2) is 0 Å². The van der Waals surface area contributed by atoms with Gasteiger partial charge in [-0.2, -0.15) is 0 Å². The standard InChI is InChI=1S/C9H20N2O/c1-3-9-7-12-8(2)6-11(9)5-4-10/h8-9H,3-7,10H2,1-2H3/t8-,9-/m0/s1. The number of rotatable bonds is 3. The highest BCUT2D eigenvalue weighted by Gasteiger charge is 2.24. The number of hydrogen-bond acceptors (Lipinski definition) is 3. The highest BCUT2D eigenvalue weighted by atomic mass is 16.5. The largest absolute Gasteiger partial charge is 0.376 e. The lowest BCUT2D eigenvalue weighted by atomic mass is 10.1. The van der Waals surface area contributed by atoms with Crippen molar-refractivity contribution < 1.29 is 4.74 Å². The number of nitrogens with two attached hydrogens (primary N) is 1. The number of hydrogen-bond donors (Lipinski definition) is 1. The van der Waals surface area contributed by atoms with E-state index in [1.54, 1.807) is 0 Å². The Balaban J connectivity index is 2.40. The molecule has 1 fully saturated rings. The maximum Gasteiger partial charge on any atom is 0.0674 e. The average Bonchev–Trinajstić information content (AvgIpc) is 2.05. The van der Waals surface area contributed by atoms with Gasteiger partial charge in [0, 0.05) is 25.7 Å². The van der Waals surface area contributed by atoms with Crippen LogP contribution in [0, 0.1) is 0 Å². The summed E-state index contributed by atoms with van der Waals surface area (Å²) in [6.45, 7) is 7.99. The van der Waals surface area contributed by atoms with Crippen LogP contribution in [0.3, 0.4) is 0 Å². The number of nitrogens with zero attached hydrogens (tertiary/aromatic N) is 1. The summed E-state index contributed by atoms with van der Waals surface area (Å²) in [4.78, 5) is 2.44. The Labute approximate surface area is 74.9 Å². The van der Waals surface area contributed by atoms with Crippen LogP contribution in [0.25, 0.3) is 0 Å². The summed E-state index contributed by atoms with van der Waals surface area (Å²) in [5.41, 5.74) is 5.54. The topological polar surface area (TPSA) is 38.5 Å². The van der Waals surface area contributed by atoms with E-state index in [-0.39, 0.29) is 0 Å². The smallest absolute Gasteiger partial charge is 0.0674 e. The Hall–Kier alpha value is -0.120. The fraction of sp³-hybridized carbons (Fsp3) is 1.00. The van der Waals surface area contributed by atoms with Crippen molar-refractivity contribution in [2.24, 2.45) is 5.73 Å². The van der Waals surface area contributed by atoms with Crippen LogP contribution in [0.4, 0.5) is 0 Å². The third kappa shape index (κ3) is 2.44. The average molecular weight is 172 g/mol. The molecule has 0 aromatic carbocycles. The number of ether oxygens (including phenoxy) is 1. The monoisotopic (exact) mass is 172 g/mol. The zero-order valence-corrected chi connectivity index (χ0v) is 8.12. The highest BCUT2D eigenvalue weighted by Crippen LogP contribution is 2.13. The van der Waals surface area contributed by atoms with E-state index < -0.39 is 0 Å². The van der Waals surface area contributed by atoms with Crippen molar-refractivity contribution >= 4 is 0 Å².